The van der Waals surface area contributed by atoms with Crippen molar-refractivity contribution in [3.8, 4) is 33.4 Å². The molecule has 0 saturated heterocycles. The zero-order valence-electron chi connectivity index (χ0n) is 31.5. The molecular formula is C55H34N2O. The van der Waals surface area contributed by atoms with E-state index in [1.54, 1.807) is 0 Å². The van der Waals surface area contributed by atoms with Gasteiger partial charge in [-0.2, -0.15) is 0 Å². The minimum Gasteiger partial charge on any atom is -0.456 e. The normalized spacial score (nSPS) is 12.4. The highest BCUT2D eigenvalue weighted by Gasteiger charge is 2.24. The number of nitrogens with zero attached hydrogens (tertiary/aromatic N) is 2. The molecule has 0 bridgehead atoms. The van der Waals surface area contributed by atoms with Crippen LogP contribution >= 0.6 is 0 Å². The standard InChI is InChI=1S/C55H34N2O/c1-2-10-34(11-3-1)35-20-23-39(24-21-35)56(41-26-29-47-46-13-5-7-19-52(46)58-53(47)33-41)40-25-28-43-38(32-40)31-37-30-36(22-27-42(37)43)44-14-8-16-49-50-17-9-15-48-45-12-4-6-18-51(45)57(54(44)49)55(48)50/h1-30,32-33H,31H2. The van der Waals surface area contributed by atoms with Crippen molar-refractivity contribution in [2.45, 2.75) is 6.42 Å². The molecule has 13 rings (SSSR count). The molecule has 0 amide bonds. The Balaban J connectivity index is 0.922. The first kappa shape index (κ1) is 31.6. The highest BCUT2D eigenvalue weighted by Crippen LogP contribution is 2.46. The third-order valence-electron chi connectivity index (χ3n) is 12.5. The van der Waals surface area contributed by atoms with Gasteiger partial charge in [0.2, 0.25) is 0 Å². The summed E-state index contributed by atoms with van der Waals surface area (Å²) < 4.78 is 8.91. The number of para-hydroxylation sites is 4. The molecule has 0 spiro atoms. The summed E-state index contributed by atoms with van der Waals surface area (Å²) in [5.74, 6) is 0. The van der Waals surface area contributed by atoms with E-state index >= 15 is 0 Å². The van der Waals surface area contributed by atoms with Crippen LogP contribution in [-0.2, 0) is 6.42 Å². The van der Waals surface area contributed by atoms with E-state index < -0.39 is 0 Å². The molecule has 3 heterocycles. The molecule has 3 aromatic heterocycles. The van der Waals surface area contributed by atoms with Crippen molar-refractivity contribution in [2.24, 2.45) is 0 Å². The average molecular weight is 739 g/mol. The lowest BCUT2D eigenvalue weighted by Crippen LogP contribution is -2.10. The summed E-state index contributed by atoms with van der Waals surface area (Å²) in [5, 5.41) is 7.49. The molecule has 0 N–H and O–H groups in total. The van der Waals surface area contributed by atoms with Crippen LogP contribution in [0.25, 0.3) is 93.4 Å². The maximum absolute atomic E-state index is 6.41. The van der Waals surface area contributed by atoms with E-state index in [2.05, 4.69) is 191 Å². The van der Waals surface area contributed by atoms with Crippen molar-refractivity contribution in [3.63, 3.8) is 0 Å². The molecule has 12 aromatic rings. The monoisotopic (exact) mass is 738 g/mol. The lowest BCUT2D eigenvalue weighted by molar-refractivity contribution is 0.669. The van der Waals surface area contributed by atoms with Crippen LogP contribution in [0.2, 0.25) is 0 Å². The molecule has 9 aromatic carbocycles. The molecule has 1 aliphatic carbocycles. The molecule has 0 radical (unpaired) electrons. The summed E-state index contributed by atoms with van der Waals surface area (Å²) in [6, 6.07) is 70.9. The van der Waals surface area contributed by atoms with Gasteiger partial charge in [-0.15, -0.1) is 0 Å². The zero-order valence-corrected chi connectivity index (χ0v) is 31.5. The number of hydrogen-bond donors (Lipinski definition) is 0. The van der Waals surface area contributed by atoms with E-state index in [1.807, 2.05) is 12.1 Å². The van der Waals surface area contributed by atoms with Crippen LogP contribution in [0.5, 0.6) is 0 Å². The summed E-state index contributed by atoms with van der Waals surface area (Å²) >= 11 is 0. The molecule has 3 nitrogen and oxygen atoms in total. The van der Waals surface area contributed by atoms with Gasteiger partial charge in [0.25, 0.3) is 0 Å². The largest absolute Gasteiger partial charge is 0.456 e. The fourth-order valence-corrected chi connectivity index (χ4v) is 9.94. The SMILES string of the molecule is c1ccc(-c2ccc(N(c3ccc4c(c3)Cc3cc(-c5cccc6c7cccc8c9ccccc9n(c56)c87)ccc3-4)c3ccc4c(c3)oc3ccccc34)cc2)cc1. The molecule has 3 heteroatoms. The summed E-state index contributed by atoms with van der Waals surface area (Å²) in [4.78, 5) is 2.36. The topological polar surface area (TPSA) is 20.8 Å². The number of fused-ring (bicyclic) bond motifs is 12. The van der Waals surface area contributed by atoms with Crippen molar-refractivity contribution in [1.29, 1.82) is 0 Å². The fourth-order valence-electron chi connectivity index (χ4n) is 9.94. The lowest BCUT2D eigenvalue weighted by atomic mass is 9.97. The van der Waals surface area contributed by atoms with Gasteiger partial charge in [-0.1, -0.05) is 140 Å². The van der Waals surface area contributed by atoms with Crippen LogP contribution in [-0.4, -0.2) is 4.40 Å². The summed E-state index contributed by atoms with van der Waals surface area (Å²) in [7, 11) is 0. The second-order valence-electron chi connectivity index (χ2n) is 15.7. The second kappa shape index (κ2) is 11.9. The van der Waals surface area contributed by atoms with Crippen LogP contribution in [0.4, 0.5) is 17.1 Å². The zero-order chi connectivity index (χ0) is 37.9. The summed E-state index contributed by atoms with van der Waals surface area (Å²) in [5.41, 5.74) is 19.2. The number of furan rings is 1. The molecule has 0 unspecified atom stereocenters. The molecule has 0 saturated carbocycles. The smallest absolute Gasteiger partial charge is 0.137 e. The predicted molar refractivity (Wildman–Crippen MR) is 242 cm³/mol. The molecule has 0 atom stereocenters. The molecule has 58 heavy (non-hydrogen) atoms. The van der Waals surface area contributed by atoms with E-state index in [0.717, 1.165) is 45.4 Å². The maximum atomic E-state index is 6.41. The van der Waals surface area contributed by atoms with Crippen LogP contribution in [0.15, 0.2) is 199 Å². The van der Waals surface area contributed by atoms with Crippen LogP contribution in [0.3, 0.4) is 0 Å². The van der Waals surface area contributed by atoms with E-state index in [9.17, 15) is 0 Å². The maximum Gasteiger partial charge on any atom is 0.137 e. The van der Waals surface area contributed by atoms with Gasteiger partial charge in [-0.3, -0.25) is 0 Å². The van der Waals surface area contributed by atoms with Gasteiger partial charge in [0.05, 0.1) is 16.6 Å². The van der Waals surface area contributed by atoms with Gasteiger partial charge >= 0.3 is 0 Å². The number of benzene rings is 9. The minimum atomic E-state index is 0.877. The third-order valence-corrected chi connectivity index (χ3v) is 12.5. The van der Waals surface area contributed by atoms with Crippen LogP contribution < -0.4 is 4.90 Å². The lowest BCUT2D eigenvalue weighted by Gasteiger charge is -2.26. The molecule has 0 aliphatic heterocycles. The Labute approximate surface area is 334 Å². The van der Waals surface area contributed by atoms with E-state index in [4.69, 9.17) is 4.42 Å². The number of aromatic nitrogens is 1. The summed E-state index contributed by atoms with van der Waals surface area (Å²) in [6.45, 7) is 0. The first-order valence-corrected chi connectivity index (χ1v) is 20.0. The Hall–Kier alpha value is -7.62. The van der Waals surface area contributed by atoms with Crippen molar-refractivity contribution in [2.75, 3.05) is 4.90 Å². The van der Waals surface area contributed by atoms with Crippen molar-refractivity contribution >= 4 is 77.1 Å². The Kier molecular flexibility index (Phi) is 6.50. The Morgan fingerprint density at radius 1 is 0.362 bits per heavy atom. The predicted octanol–water partition coefficient (Wildman–Crippen LogP) is 15.1. The number of rotatable bonds is 5. The molecule has 0 fully saturated rings. The van der Waals surface area contributed by atoms with Gasteiger partial charge in [-0.25, -0.2) is 0 Å². The first-order valence-electron chi connectivity index (χ1n) is 20.0. The highest BCUT2D eigenvalue weighted by molar-refractivity contribution is 6.25. The quantitative estimate of drug-likeness (QED) is 0.175. The van der Waals surface area contributed by atoms with Gasteiger partial charge in [0.1, 0.15) is 11.2 Å². The Bertz CT molecular complexity index is 3590. The van der Waals surface area contributed by atoms with Crippen molar-refractivity contribution in [3.05, 3.63) is 205 Å². The number of anilines is 3. The van der Waals surface area contributed by atoms with Gasteiger partial charge in [-0.05, 0) is 93.9 Å². The Morgan fingerprint density at radius 2 is 0.948 bits per heavy atom. The van der Waals surface area contributed by atoms with Gasteiger partial charge in [0, 0.05) is 61.0 Å². The second-order valence-corrected chi connectivity index (χ2v) is 15.7. The van der Waals surface area contributed by atoms with E-state index in [0.29, 0.717) is 0 Å². The third kappa shape index (κ3) is 4.50. The fraction of sp³-hybridized carbons (Fsp3) is 0.0182. The number of hydrogen-bond acceptors (Lipinski definition) is 2. The van der Waals surface area contributed by atoms with Crippen molar-refractivity contribution in [1.82, 2.24) is 4.40 Å². The Morgan fingerprint density at radius 3 is 1.81 bits per heavy atom. The molecule has 1 aliphatic rings. The van der Waals surface area contributed by atoms with E-state index in [-0.39, 0.29) is 0 Å². The van der Waals surface area contributed by atoms with Gasteiger partial charge < -0.3 is 13.7 Å². The van der Waals surface area contributed by atoms with E-state index in [1.165, 1.54) is 82.6 Å². The first-order chi connectivity index (χ1) is 28.7. The van der Waals surface area contributed by atoms with Crippen LogP contribution in [0, 0.1) is 0 Å². The minimum absolute atomic E-state index is 0.877. The van der Waals surface area contributed by atoms with Crippen LogP contribution in [0.1, 0.15) is 11.1 Å². The average Bonchev–Trinajstić information content (AvgIpc) is 4.03. The van der Waals surface area contributed by atoms with Crippen molar-refractivity contribution < 1.29 is 4.42 Å². The van der Waals surface area contributed by atoms with Gasteiger partial charge in [0.15, 0.2) is 0 Å². The molecular weight excluding hydrogens is 705 g/mol. The highest BCUT2D eigenvalue weighted by atomic mass is 16.3. The summed E-state index contributed by atoms with van der Waals surface area (Å²) in [6.07, 6.45) is 0.877. The molecule has 270 valence electrons.